The predicted octanol–water partition coefficient (Wildman–Crippen LogP) is 3.13. The van der Waals surface area contributed by atoms with E-state index in [1.54, 1.807) is 22.7 Å². The highest BCUT2D eigenvalue weighted by atomic mass is 32.1. The molecule has 0 amide bonds. The fourth-order valence-corrected chi connectivity index (χ4v) is 3.73. The van der Waals surface area contributed by atoms with Gasteiger partial charge in [-0.05, 0) is 47.9 Å². The molecule has 2 aromatic rings. The number of nitrogens with two attached hydrogens (primary N) is 2. The minimum absolute atomic E-state index is 0.0997. The van der Waals surface area contributed by atoms with Crippen LogP contribution in [0.5, 0.6) is 0 Å². The van der Waals surface area contributed by atoms with Crippen LogP contribution in [-0.2, 0) is 0 Å². The Morgan fingerprint density at radius 3 is 1.50 bits per heavy atom. The summed E-state index contributed by atoms with van der Waals surface area (Å²) in [5.74, 6) is 0. The van der Waals surface area contributed by atoms with Gasteiger partial charge in [-0.1, -0.05) is 0 Å². The molecule has 4 N–H and O–H groups in total. The SMILES string of the molecule is Cc1ccsc1C(N)C(N)c1sccc1C. The van der Waals surface area contributed by atoms with Crippen LogP contribution in [0.15, 0.2) is 22.9 Å². The molecule has 0 fully saturated rings. The molecule has 2 nitrogen and oxygen atoms in total. The van der Waals surface area contributed by atoms with Crippen LogP contribution in [-0.4, -0.2) is 0 Å². The lowest BCUT2D eigenvalue weighted by molar-refractivity contribution is 0.587. The van der Waals surface area contributed by atoms with Gasteiger partial charge in [0, 0.05) is 9.75 Å². The molecule has 0 aromatic carbocycles. The van der Waals surface area contributed by atoms with Crippen molar-refractivity contribution in [3.63, 3.8) is 0 Å². The number of thiophene rings is 2. The van der Waals surface area contributed by atoms with Gasteiger partial charge in [-0.2, -0.15) is 0 Å². The predicted molar refractivity (Wildman–Crippen MR) is 72.0 cm³/mol. The van der Waals surface area contributed by atoms with Crippen LogP contribution in [0.2, 0.25) is 0 Å². The molecule has 0 bridgehead atoms. The molecule has 2 aromatic heterocycles. The largest absolute Gasteiger partial charge is 0.322 e. The first-order valence-electron chi connectivity index (χ1n) is 5.20. The van der Waals surface area contributed by atoms with Gasteiger partial charge in [-0.15, -0.1) is 22.7 Å². The molecule has 0 aliphatic heterocycles. The van der Waals surface area contributed by atoms with Crippen molar-refractivity contribution >= 4 is 22.7 Å². The van der Waals surface area contributed by atoms with Gasteiger partial charge in [0.2, 0.25) is 0 Å². The van der Waals surface area contributed by atoms with E-state index in [0.29, 0.717) is 0 Å². The average Bonchev–Trinajstić information content (AvgIpc) is 2.85. The van der Waals surface area contributed by atoms with E-state index in [2.05, 4.69) is 36.7 Å². The third-order valence-corrected chi connectivity index (χ3v) is 5.04. The fourth-order valence-electron chi connectivity index (χ4n) is 1.78. The van der Waals surface area contributed by atoms with Crippen molar-refractivity contribution in [1.82, 2.24) is 0 Å². The monoisotopic (exact) mass is 252 g/mol. The van der Waals surface area contributed by atoms with E-state index >= 15 is 0 Å². The third-order valence-electron chi connectivity index (χ3n) is 2.80. The van der Waals surface area contributed by atoms with Crippen molar-refractivity contribution in [2.24, 2.45) is 11.5 Å². The topological polar surface area (TPSA) is 52.0 Å². The summed E-state index contributed by atoms with van der Waals surface area (Å²) in [5.41, 5.74) is 14.9. The number of aryl methyl sites for hydroxylation is 2. The Balaban J connectivity index is 2.26. The van der Waals surface area contributed by atoms with Gasteiger partial charge in [0.25, 0.3) is 0 Å². The number of rotatable bonds is 3. The summed E-state index contributed by atoms with van der Waals surface area (Å²) >= 11 is 3.38. The highest BCUT2D eigenvalue weighted by Gasteiger charge is 2.22. The number of hydrogen-bond acceptors (Lipinski definition) is 4. The van der Waals surface area contributed by atoms with Gasteiger partial charge in [-0.3, -0.25) is 0 Å². The zero-order valence-electron chi connectivity index (χ0n) is 9.44. The lowest BCUT2D eigenvalue weighted by atomic mass is 10.0. The van der Waals surface area contributed by atoms with E-state index in [0.717, 1.165) is 0 Å². The Morgan fingerprint density at radius 2 is 1.25 bits per heavy atom. The lowest BCUT2D eigenvalue weighted by Gasteiger charge is -2.19. The van der Waals surface area contributed by atoms with Crippen molar-refractivity contribution < 1.29 is 0 Å². The zero-order valence-corrected chi connectivity index (χ0v) is 11.1. The summed E-state index contributed by atoms with van der Waals surface area (Å²) in [6.45, 7) is 4.17. The summed E-state index contributed by atoms with van der Waals surface area (Å²) in [7, 11) is 0. The second-order valence-electron chi connectivity index (χ2n) is 3.99. The Labute approximate surface area is 104 Å². The quantitative estimate of drug-likeness (QED) is 0.881. The first-order valence-corrected chi connectivity index (χ1v) is 6.96. The molecule has 0 aliphatic rings. The van der Waals surface area contributed by atoms with Crippen LogP contribution < -0.4 is 11.5 Å². The molecule has 0 radical (unpaired) electrons. The summed E-state index contributed by atoms with van der Waals surface area (Å²) in [5, 5.41) is 4.14. The average molecular weight is 252 g/mol. The van der Waals surface area contributed by atoms with Crippen LogP contribution >= 0.6 is 22.7 Å². The second kappa shape index (κ2) is 4.67. The summed E-state index contributed by atoms with van der Waals surface area (Å²) in [6.07, 6.45) is 0. The van der Waals surface area contributed by atoms with Gasteiger partial charge in [0.1, 0.15) is 0 Å². The van der Waals surface area contributed by atoms with Gasteiger partial charge < -0.3 is 11.5 Å². The number of hydrogen-bond donors (Lipinski definition) is 2. The second-order valence-corrected chi connectivity index (χ2v) is 5.88. The highest BCUT2D eigenvalue weighted by Crippen LogP contribution is 2.33. The molecule has 86 valence electrons. The van der Waals surface area contributed by atoms with E-state index in [1.165, 1.54) is 20.9 Å². The van der Waals surface area contributed by atoms with Gasteiger partial charge in [-0.25, -0.2) is 0 Å². The first-order chi connectivity index (χ1) is 7.61. The first kappa shape index (κ1) is 11.8. The molecule has 0 saturated heterocycles. The molecule has 2 rings (SSSR count). The van der Waals surface area contributed by atoms with Crippen molar-refractivity contribution in [2.45, 2.75) is 25.9 Å². The van der Waals surface area contributed by atoms with Crippen LogP contribution in [0, 0.1) is 13.8 Å². The molecule has 0 spiro atoms. The fraction of sp³-hybridized carbons (Fsp3) is 0.333. The van der Waals surface area contributed by atoms with Crippen molar-refractivity contribution in [3.05, 3.63) is 43.8 Å². The van der Waals surface area contributed by atoms with Crippen LogP contribution in [0.1, 0.15) is 33.0 Å². The molecular formula is C12H16N2S2. The van der Waals surface area contributed by atoms with E-state index in [-0.39, 0.29) is 12.1 Å². The maximum Gasteiger partial charge on any atom is 0.0596 e. The zero-order chi connectivity index (χ0) is 11.7. The van der Waals surface area contributed by atoms with E-state index in [1.807, 2.05) is 0 Å². The molecule has 2 unspecified atom stereocenters. The minimum atomic E-state index is -0.0997. The van der Waals surface area contributed by atoms with Crippen molar-refractivity contribution in [2.75, 3.05) is 0 Å². The molecule has 0 aliphatic carbocycles. The van der Waals surface area contributed by atoms with Gasteiger partial charge in [0.15, 0.2) is 0 Å². The van der Waals surface area contributed by atoms with Crippen LogP contribution in [0.25, 0.3) is 0 Å². The van der Waals surface area contributed by atoms with Gasteiger partial charge >= 0.3 is 0 Å². The maximum atomic E-state index is 6.24. The normalized spacial score (nSPS) is 15.0. The van der Waals surface area contributed by atoms with Crippen molar-refractivity contribution in [1.29, 1.82) is 0 Å². The van der Waals surface area contributed by atoms with E-state index in [4.69, 9.17) is 11.5 Å². The molecule has 4 heteroatoms. The molecule has 2 heterocycles. The van der Waals surface area contributed by atoms with Crippen LogP contribution in [0.4, 0.5) is 0 Å². The molecule has 2 atom stereocenters. The van der Waals surface area contributed by atoms with Crippen molar-refractivity contribution in [3.8, 4) is 0 Å². The van der Waals surface area contributed by atoms with E-state index < -0.39 is 0 Å². The summed E-state index contributed by atoms with van der Waals surface area (Å²) in [4.78, 5) is 2.39. The van der Waals surface area contributed by atoms with Crippen LogP contribution in [0.3, 0.4) is 0 Å². The Bertz CT molecular complexity index is 429. The third kappa shape index (κ3) is 2.06. The smallest absolute Gasteiger partial charge is 0.0596 e. The van der Waals surface area contributed by atoms with Gasteiger partial charge in [0.05, 0.1) is 12.1 Å². The maximum absolute atomic E-state index is 6.24. The molecular weight excluding hydrogens is 236 g/mol. The lowest BCUT2D eigenvalue weighted by Crippen LogP contribution is -2.26. The Kier molecular flexibility index (Phi) is 3.44. The molecule has 16 heavy (non-hydrogen) atoms. The Hall–Kier alpha value is -0.680. The standard InChI is InChI=1S/C12H16N2S2/c1-7-3-5-15-11(7)9(13)10(14)12-8(2)4-6-16-12/h3-6,9-10H,13-14H2,1-2H3. The summed E-state index contributed by atoms with van der Waals surface area (Å²) in [6, 6.07) is 3.98. The highest BCUT2D eigenvalue weighted by molar-refractivity contribution is 7.10. The van der Waals surface area contributed by atoms with E-state index in [9.17, 15) is 0 Å². The Morgan fingerprint density at radius 1 is 0.875 bits per heavy atom. The summed E-state index contributed by atoms with van der Waals surface area (Å²) < 4.78 is 0. The minimum Gasteiger partial charge on any atom is -0.322 e. The molecule has 0 saturated carbocycles.